The van der Waals surface area contributed by atoms with Crippen LogP contribution < -0.4 is 0 Å². The molecular weight excluding hydrogens is 287 g/mol. The molecule has 1 amide bonds. The third-order valence-corrected chi connectivity index (χ3v) is 4.00. The molecule has 1 unspecified atom stereocenters. The van der Waals surface area contributed by atoms with Gasteiger partial charge in [-0.05, 0) is 25.8 Å². The lowest BCUT2D eigenvalue weighted by Crippen LogP contribution is -2.49. The van der Waals surface area contributed by atoms with E-state index in [1.54, 1.807) is 12.0 Å². The van der Waals surface area contributed by atoms with Crippen molar-refractivity contribution in [3.8, 4) is 0 Å². The first-order valence-electron chi connectivity index (χ1n) is 6.11. The molecule has 0 bridgehead atoms. The van der Waals surface area contributed by atoms with Crippen LogP contribution in [0.4, 0.5) is 0 Å². The Morgan fingerprint density at radius 1 is 1.53 bits per heavy atom. The largest absolute Gasteiger partial charge is 0.377 e. The molecule has 0 radical (unpaired) electrons. The molecular formula is C13H16Cl2N2O2. The zero-order valence-electron chi connectivity index (χ0n) is 10.9. The molecule has 0 aromatic carbocycles. The summed E-state index contributed by atoms with van der Waals surface area (Å²) in [6.45, 7) is 3.26. The number of hydrogen-bond acceptors (Lipinski definition) is 3. The van der Waals surface area contributed by atoms with Gasteiger partial charge in [-0.3, -0.25) is 4.79 Å². The van der Waals surface area contributed by atoms with E-state index in [2.05, 4.69) is 4.98 Å². The van der Waals surface area contributed by atoms with Crippen molar-refractivity contribution < 1.29 is 9.53 Å². The summed E-state index contributed by atoms with van der Waals surface area (Å²) in [5.74, 6) is -0.128. The molecule has 0 N–H and O–H groups in total. The number of pyridine rings is 1. The van der Waals surface area contributed by atoms with Crippen molar-refractivity contribution in [3.05, 3.63) is 28.0 Å². The van der Waals surface area contributed by atoms with Crippen molar-refractivity contribution in [3.63, 3.8) is 0 Å². The van der Waals surface area contributed by atoms with Crippen LogP contribution in [-0.2, 0) is 4.74 Å². The lowest BCUT2D eigenvalue weighted by molar-refractivity contribution is -0.0440. The standard InChI is InChI=1S/C13H16Cl2N2O2/c1-13(19-2)4-3-5-17(8-13)12(18)9-6-11(15)16-7-10(9)14/h6-7H,3-5,8H2,1-2H3. The molecule has 1 saturated heterocycles. The van der Waals surface area contributed by atoms with Crippen molar-refractivity contribution in [2.45, 2.75) is 25.4 Å². The highest BCUT2D eigenvalue weighted by Crippen LogP contribution is 2.27. The van der Waals surface area contributed by atoms with Crippen LogP contribution in [0.3, 0.4) is 0 Å². The van der Waals surface area contributed by atoms with Gasteiger partial charge in [-0.25, -0.2) is 4.98 Å². The van der Waals surface area contributed by atoms with Gasteiger partial charge in [0.1, 0.15) is 5.15 Å². The van der Waals surface area contributed by atoms with Crippen LogP contribution in [0.15, 0.2) is 12.3 Å². The molecule has 0 saturated carbocycles. The van der Waals surface area contributed by atoms with Crippen molar-refractivity contribution in [1.82, 2.24) is 9.88 Å². The average molecular weight is 303 g/mol. The van der Waals surface area contributed by atoms with E-state index < -0.39 is 0 Å². The van der Waals surface area contributed by atoms with Crippen LogP contribution in [0, 0.1) is 0 Å². The third-order valence-electron chi connectivity index (χ3n) is 3.49. The quantitative estimate of drug-likeness (QED) is 0.789. The number of carbonyl (C=O) groups excluding carboxylic acids is 1. The summed E-state index contributed by atoms with van der Waals surface area (Å²) in [6.07, 6.45) is 3.25. The number of hydrogen-bond donors (Lipinski definition) is 0. The fourth-order valence-electron chi connectivity index (χ4n) is 2.29. The van der Waals surface area contributed by atoms with Crippen LogP contribution in [0.25, 0.3) is 0 Å². The summed E-state index contributed by atoms with van der Waals surface area (Å²) >= 11 is 11.8. The minimum absolute atomic E-state index is 0.128. The second-order valence-corrected chi connectivity index (χ2v) is 5.77. The number of likely N-dealkylation sites (tertiary alicyclic amines) is 1. The Labute approximate surface area is 122 Å². The maximum atomic E-state index is 12.5. The topological polar surface area (TPSA) is 42.4 Å². The van der Waals surface area contributed by atoms with Crippen LogP contribution in [-0.4, -0.2) is 41.6 Å². The molecule has 2 rings (SSSR count). The summed E-state index contributed by atoms with van der Waals surface area (Å²) < 4.78 is 5.48. The van der Waals surface area contributed by atoms with E-state index in [1.165, 1.54) is 12.3 Å². The van der Waals surface area contributed by atoms with Gasteiger partial charge < -0.3 is 9.64 Å². The molecule has 1 aliphatic heterocycles. The van der Waals surface area contributed by atoms with Gasteiger partial charge in [-0.2, -0.15) is 0 Å². The zero-order valence-corrected chi connectivity index (χ0v) is 12.5. The minimum atomic E-state index is -0.294. The smallest absolute Gasteiger partial charge is 0.255 e. The molecule has 1 atom stereocenters. The number of carbonyl (C=O) groups is 1. The molecule has 6 heteroatoms. The van der Waals surface area contributed by atoms with E-state index in [4.69, 9.17) is 27.9 Å². The molecule has 19 heavy (non-hydrogen) atoms. The summed E-state index contributed by atoms with van der Waals surface area (Å²) in [5, 5.41) is 0.582. The number of methoxy groups -OCH3 is 1. The summed E-state index contributed by atoms with van der Waals surface area (Å²) in [4.78, 5) is 18.1. The maximum absolute atomic E-state index is 12.5. The summed E-state index contributed by atoms with van der Waals surface area (Å²) in [6, 6.07) is 1.50. The number of halogens is 2. The van der Waals surface area contributed by atoms with E-state index in [-0.39, 0.29) is 16.7 Å². The highest BCUT2D eigenvalue weighted by atomic mass is 35.5. The van der Waals surface area contributed by atoms with Crippen LogP contribution >= 0.6 is 23.2 Å². The number of piperidine rings is 1. The maximum Gasteiger partial charge on any atom is 0.255 e. The normalized spacial score (nSPS) is 23.5. The Morgan fingerprint density at radius 3 is 2.95 bits per heavy atom. The Balaban J connectivity index is 2.22. The minimum Gasteiger partial charge on any atom is -0.377 e. The van der Waals surface area contributed by atoms with Crippen molar-refractivity contribution in [2.24, 2.45) is 0 Å². The Bertz CT molecular complexity index is 496. The van der Waals surface area contributed by atoms with Gasteiger partial charge in [0, 0.05) is 26.4 Å². The molecule has 2 heterocycles. The van der Waals surface area contributed by atoms with Gasteiger partial charge in [0.2, 0.25) is 0 Å². The third kappa shape index (κ3) is 3.19. The average Bonchev–Trinajstić information content (AvgIpc) is 2.41. The van der Waals surface area contributed by atoms with E-state index in [0.29, 0.717) is 23.7 Å². The fraction of sp³-hybridized carbons (Fsp3) is 0.538. The number of amides is 1. The van der Waals surface area contributed by atoms with E-state index in [1.807, 2.05) is 6.92 Å². The predicted molar refractivity (Wildman–Crippen MR) is 74.8 cm³/mol. The van der Waals surface area contributed by atoms with E-state index in [9.17, 15) is 4.79 Å². The highest BCUT2D eigenvalue weighted by Gasteiger charge is 2.33. The highest BCUT2D eigenvalue weighted by molar-refractivity contribution is 6.35. The Kier molecular flexibility index (Phi) is 4.33. The van der Waals surface area contributed by atoms with Crippen LogP contribution in [0.2, 0.25) is 10.2 Å². The van der Waals surface area contributed by atoms with Gasteiger partial charge in [0.25, 0.3) is 5.91 Å². The molecule has 1 aliphatic rings. The molecule has 1 aromatic rings. The Hall–Kier alpha value is -0.840. The van der Waals surface area contributed by atoms with Gasteiger partial charge in [0.15, 0.2) is 0 Å². The lowest BCUT2D eigenvalue weighted by Gasteiger charge is -2.39. The Morgan fingerprint density at radius 2 is 2.26 bits per heavy atom. The van der Waals surface area contributed by atoms with Crippen molar-refractivity contribution >= 4 is 29.1 Å². The molecule has 1 aromatic heterocycles. The molecule has 0 spiro atoms. The first kappa shape index (κ1) is 14.6. The second-order valence-electron chi connectivity index (χ2n) is 4.97. The number of nitrogens with zero attached hydrogens (tertiary/aromatic N) is 2. The first-order valence-corrected chi connectivity index (χ1v) is 6.86. The fourth-order valence-corrected chi connectivity index (χ4v) is 2.64. The lowest BCUT2D eigenvalue weighted by atomic mass is 9.94. The van der Waals surface area contributed by atoms with E-state index in [0.717, 1.165) is 12.8 Å². The van der Waals surface area contributed by atoms with Crippen molar-refractivity contribution in [2.75, 3.05) is 20.2 Å². The van der Waals surface area contributed by atoms with Gasteiger partial charge >= 0.3 is 0 Å². The number of ether oxygens (including phenoxy) is 1. The first-order chi connectivity index (χ1) is 8.95. The monoisotopic (exact) mass is 302 g/mol. The molecule has 1 fully saturated rings. The molecule has 104 valence electrons. The summed E-state index contributed by atoms with van der Waals surface area (Å²) in [7, 11) is 1.67. The van der Waals surface area contributed by atoms with Crippen LogP contribution in [0.1, 0.15) is 30.1 Å². The molecule has 0 aliphatic carbocycles. The van der Waals surface area contributed by atoms with Gasteiger partial charge in [-0.15, -0.1) is 0 Å². The van der Waals surface area contributed by atoms with Gasteiger partial charge in [0.05, 0.1) is 16.2 Å². The predicted octanol–water partition coefficient (Wildman–Crippen LogP) is 3.03. The summed E-state index contributed by atoms with van der Waals surface area (Å²) in [5.41, 5.74) is 0.0963. The SMILES string of the molecule is COC1(C)CCCN(C(=O)c2cc(Cl)ncc2Cl)C1. The van der Waals surface area contributed by atoms with Gasteiger partial charge in [-0.1, -0.05) is 23.2 Å². The number of aromatic nitrogens is 1. The van der Waals surface area contributed by atoms with Crippen molar-refractivity contribution in [1.29, 1.82) is 0 Å². The molecule has 4 nitrogen and oxygen atoms in total. The van der Waals surface area contributed by atoms with Crippen LogP contribution in [0.5, 0.6) is 0 Å². The second kappa shape index (κ2) is 5.65. The zero-order chi connectivity index (χ0) is 14.0. The van der Waals surface area contributed by atoms with E-state index >= 15 is 0 Å². The number of rotatable bonds is 2.